The summed E-state index contributed by atoms with van der Waals surface area (Å²) >= 11 is 0. The first-order chi connectivity index (χ1) is 12.7. The average Bonchev–Trinajstić information content (AvgIpc) is 2.95. The number of benzene rings is 1. The zero-order chi connectivity index (χ0) is 19.8. The molecule has 6 heteroatoms. The van der Waals surface area contributed by atoms with Crippen molar-refractivity contribution in [3.05, 3.63) is 58.5 Å². The van der Waals surface area contributed by atoms with Crippen molar-refractivity contribution in [2.45, 2.75) is 40.0 Å². The van der Waals surface area contributed by atoms with Gasteiger partial charge in [-0.1, -0.05) is 31.5 Å². The van der Waals surface area contributed by atoms with Crippen molar-refractivity contribution < 1.29 is 14.3 Å². The molecule has 2 aromatic rings. The molecule has 0 saturated heterocycles. The normalized spacial score (nSPS) is 15.6. The maximum atomic E-state index is 13.1. The highest BCUT2D eigenvalue weighted by atomic mass is 16.5. The molecule has 27 heavy (non-hydrogen) atoms. The fourth-order valence-corrected chi connectivity index (χ4v) is 3.57. The van der Waals surface area contributed by atoms with Gasteiger partial charge >= 0.3 is 5.97 Å². The number of hydrogen-bond acceptors (Lipinski definition) is 4. The van der Waals surface area contributed by atoms with E-state index in [2.05, 4.69) is 10.2 Å². The molecule has 1 N–H and O–H groups in total. The zero-order valence-corrected chi connectivity index (χ0v) is 16.4. The van der Waals surface area contributed by atoms with E-state index in [1.54, 1.807) is 30.2 Å². The van der Waals surface area contributed by atoms with E-state index in [0.29, 0.717) is 23.4 Å². The molecule has 1 aromatic heterocycles. The van der Waals surface area contributed by atoms with Crippen LogP contribution in [0, 0.1) is 13.8 Å². The third-order valence-electron chi connectivity index (χ3n) is 4.78. The Morgan fingerprint density at radius 2 is 1.89 bits per heavy atom. The van der Waals surface area contributed by atoms with E-state index in [0.717, 1.165) is 16.8 Å². The SMILES string of the molecule is CCOC(=O)C1=CN(C(=O)c2ccc(C)cc2)CC(C)(C)c2c1n[nH]c2C. The molecule has 1 aromatic carbocycles. The first-order valence-corrected chi connectivity index (χ1v) is 9.07. The second-order valence-electron chi connectivity index (χ2n) is 7.52. The molecule has 0 radical (unpaired) electrons. The number of carbonyl (C=O) groups excluding carboxylic acids is 2. The van der Waals surface area contributed by atoms with Crippen LogP contribution < -0.4 is 0 Å². The maximum Gasteiger partial charge on any atom is 0.341 e. The smallest absolute Gasteiger partial charge is 0.341 e. The highest BCUT2D eigenvalue weighted by molar-refractivity contribution is 6.17. The summed E-state index contributed by atoms with van der Waals surface area (Å²) in [5.41, 5.74) is 3.93. The number of carbonyl (C=O) groups is 2. The standard InChI is InChI=1S/C21H25N3O3/c1-6-27-20(26)16-11-24(19(25)15-9-7-13(2)8-10-15)12-21(4,5)17-14(3)22-23-18(16)17/h7-11H,6,12H2,1-5H3,(H,22,23). The number of esters is 1. The van der Waals surface area contributed by atoms with Gasteiger partial charge in [0.25, 0.3) is 5.91 Å². The van der Waals surface area contributed by atoms with Gasteiger partial charge in [-0.05, 0) is 32.9 Å². The summed E-state index contributed by atoms with van der Waals surface area (Å²) in [6.45, 7) is 10.4. The highest BCUT2D eigenvalue weighted by Gasteiger charge is 2.37. The molecule has 6 nitrogen and oxygen atoms in total. The number of nitrogens with zero attached hydrogens (tertiary/aromatic N) is 2. The number of H-pyrrole nitrogens is 1. The van der Waals surface area contributed by atoms with Crippen LogP contribution in [-0.2, 0) is 14.9 Å². The van der Waals surface area contributed by atoms with E-state index in [9.17, 15) is 9.59 Å². The van der Waals surface area contributed by atoms with Gasteiger partial charge in [-0.2, -0.15) is 5.10 Å². The minimum atomic E-state index is -0.482. The van der Waals surface area contributed by atoms with Gasteiger partial charge in [0.1, 0.15) is 11.3 Å². The molecule has 0 aliphatic carbocycles. The Hall–Kier alpha value is -2.89. The van der Waals surface area contributed by atoms with E-state index in [1.165, 1.54) is 0 Å². The van der Waals surface area contributed by atoms with Gasteiger partial charge in [0, 0.05) is 35.0 Å². The number of fused-ring (bicyclic) bond motifs is 1. The molecule has 0 fully saturated rings. The fourth-order valence-electron chi connectivity index (χ4n) is 3.57. The molecule has 0 bridgehead atoms. The number of aryl methyl sites for hydroxylation is 2. The lowest BCUT2D eigenvalue weighted by atomic mass is 9.82. The molecule has 1 aliphatic rings. The van der Waals surface area contributed by atoms with Crippen LogP contribution in [-0.4, -0.2) is 40.1 Å². The molecule has 0 unspecified atom stereocenters. The summed E-state index contributed by atoms with van der Waals surface area (Å²) in [4.78, 5) is 27.3. The Labute approximate surface area is 159 Å². The Morgan fingerprint density at radius 3 is 2.52 bits per heavy atom. The molecule has 3 rings (SSSR count). The van der Waals surface area contributed by atoms with E-state index in [-0.39, 0.29) is 12.5 Å². The van der Waals surface area contributed by atoms with Crippen LogP contribution in [0.25, 0.3) is 5.57 Å². The number of nitrogens with one attached hydrogen (secondary N) is 1. The lowest BCUT2D eigenvalue weighted by Gasteiger charge is -2.29. The van der Waals surface area contributed by atoms with Crippen LogP contribution in [0.1, 0.15) is 53.6 Å². The molecule has 0 saturated carbocycles. The Kier molecular flexibility index (Phi) is 4.91. The monoisotopic (exact) mass is 367 g/mol. The van der Waals surface area contributed by atoms with Gasteiger partial charge in [-0.15, -0.1) is 0 Å². The van der Waals surface area contributed by atoms with Gasteiger partial charge in [-0.25, -0.2) is 4.79 Å². The molecule has 1 amide bonds. The van der Waals surface area contributed by atoms with Crippen molar-refractivity contribution in [3.63, 3.8) is 0 Å². The fraction of sp³-hybridized carbons (Fsp3) is 0.381. The number of ether oxygens (including phenoxy) is 1. The second kappa shape index (κ2) is 7.02. The van der Waals surface area contributed by atoms with Gasteiger partial charge in [0.15, 0.2) is 0 Å². The quantitative estimate of drug-likeness (QED) is 0.844. The maximum absolute atomic E-state index is 13.1. The first-order valence-electron chi connectivity index (χ1n) is 9.07. The van der Waals surface area contributed by atoms with Crippen molar-refractivity contribution in [3.8, 4) is 0 Å². The van der Waals surface area contributed by atoms with Crippen molar-refractivity contribution in [1.29, 1.82) is 0 Å². The van der Waals surface area contributed by atoms with Crippen LogP contribution in [0.3, 0.4) is 0 Å². The largest absolute Gasteiger partial charge is 0.462 e. The third kappa shape index (κ3) is 3.52. The second-order valence-corrected chi connectivity index (χ2v) is 7.52. The summed E-state index contributed by atoms with van der Waals surface area (Å²) in [6.07, 6.45) is 1.58. The lowest BCUT2D eigenvalue weighted by molar-refractivity contribution is -0.136. The van der Waals surface area contributed by atoms with E-state index < -0.39 is 11.4 Å². The summed E-state index contributed by atoms with van der Waals surface area (Å²) in [5, 5.41) is 7.31. The summed E-state index contributed by atoms with van der Waals surface area (Å²) in [6, 6.07) is 7.42. The van der Waals surface area contributed by atoms with Crippen molar-refractivity contribution in [2.75, 3.05) is 13.2 Å². The number of rotatable bonds is 3. The van der Waals surface area contributed by atoms with E-state index in [1.807, 2.05) is 39.8 Å². The number of aromatic amines is 1. The predicted molar refractivity (Wildman–Crippen MR) is 103 cm³/mol. The van der Waals surface area contributed by atoms with Gasteiger partial charge < -0.3 is 9.64 Å². The minimum absolute atomic E-state index is 0.156. The van der Waals surface area contributed by atoms with Crippen LogP contribution in [0.5, 0.6) is 0 Å². The first kappa shape index (κ1) is 18.9. The van der Waals surface area contributed by atoms with Crippen LogP contribution in [0.2, 0.25) is 0 Å². The molecule has 2 heterocycles. The minimum Gasteiger partial charge on any atom is -0.462 e. The van der Waals surface area contributed by atoms with Crippen LogP contribution in [0.4, 0.5) is 0 Å². The van der Waals surface area contributed by atoms with Crippen molar-refractivity contribution in [1.82, 2.24) is 15.1 Å². The van der Waals surface area contributed by atoms with Gasteiger partial charge in [0.05, 0.1) is 6.61 Å². The summed E-state index contributed by atoms with van der Waals surface area (Å²) in [5.74, 6) is -0.638. The van der Waals surface area contributed by atoms with Crippen molar-refractivity contribution >= 4 is 17.4 Å². The topological polar surface area (TPSA) is 75.3 Å². The molecule has 0 atom stereocenters. The zero-order valence-electron chi connectivity index (χ0n) is 16.4. The molecule has 1 aliphatic heterocycles. The Morgan fingerprint density at radius 1 is 1.22 bits per heavy atom. The Bertz CT molecular complexity index is 907. The summed E-state index contributed by atoms with van der Waals surface area (Å²) in [7, 11) is 0. The third-order valence-corrected chi connectivity index (χ3v) is 4.78. The molecular formula is C21H25N3O3. The molecule has 142 valence electrons. The van der Waals surface area contributed by atoms with Crippen molar-refractivity contribution in [2.24, 2.45) is 0 Å². The lowest BCUT2D eigenvalue weighted by Crippen LogP contribution is -2.37. The summed E-state index contributed by atoms with van der Waals surface area (Å²) < 4.78 is 5.22. The number of aromatic nitrogens is 2. The average molecular weight is 367 g/mol. The molecular weight excluding hydrogens is 342 g/mol. The van der Waals surface area contributed by atoms with Gasteiger partial charge in [-0.3, -0.25) is 9.89 Å². The Balaban J connectivity index is 2.10. The van der Waals surface area contributed by atoms with Gasteiger partial charge in [0.2, 0.25) is 0 Å². The molecule has 0 spiro atoms. The van der Waals surface area contributed by atoms with Crippen LogP contribution in [0.15, 0.2) is 30.5 Å². The number of amides is 1. The predicted octanol–water partition coefficient (Wildman–Crippen LogP) is 3.36. The van der Waals surface area contributed by atoms with E-state index in [4.69, 9.17) is 4.74 Å². The highest BCUT2D eigenvalue weighted by Crippen LogP contribution is 2.36. The number of hydrogen-bond donors (Lipinski definition) is 1. The van der Waals surface area contributed by atoms with Crippen LogP contribution >= 0.6 is 0 Å². The van der Waals surface area contributed by atoms with E-state index >= 15 is 0 Å².